The van der Waals surface area contributed by atoms with E-state index in [2.05, 4.69) is 66.0 Å². The molecule has 0 fully saturated rings. The molecule has 5 nitrogen and oxygen atoms in total. The van der Waals surface area contributed by atoms with E-state index in [1.807, 2.05) is 6.07 Å². The van der Waals surface area contributed by atoms with E-state index in [4.69, 9.17) is 9.47 Å². The maximum Gasteiger partial charge on any atom is 0.174 e. The lowest BCUT2D eigenvalue weighted by Crippen LogP contribution is -2.36. The van der Waals surface area contributed by atoms with E-state index in [1.165, 1.54) is 11.1 Å². The standard InChI is InChI=1S/C29H30INO4/c1-16-10-17(2)12-18(11-16)15-35-29-20(30)13-19(14-25(29)34-3)26-27-21(6-4-8-23(27)32)31-22-7-5-9-24(33)28(22)26/h10-14,26,31H,4-9,15H2,1-3H3. The number of allylic oxidation sites excluding steroid dienone is 4. The molecule has 182 valence electrons. The summed E-state index contributed by atoms with van der Waals surface area (Å²) in [5.74, 6) is 1.22. The molecule has 5 rings (SSSR count). The number of ether oxygens (including phenoxy) is 2. The first-order chi connectivity index (χ1) is 16.9. The Bertz CT molecular complexity index is 1230. The molecule has 0 amide bonds. The maximum atomic E-state index is 13.1. The first-order valence-corrected chi connectivity index (χ1v) is 13.3. The zero-order valence-corrected chi connectivity index (χ0v) is 22.6. The lowest BCUT2D eigenvalue weighted by molar-refractivity contribution is -0.116. The number of carbonyl (C=O) groups excluding carboxylic acids is 2. The normalized spacial score (nSPS) is 18.3. The van der Waals surface area contributed by atoms with Gasteiger partial charge in [0.2, 0.25) is 0 Å². The lowest BCUT2D eigenvalue weighted by atomic mass is 9.71. The second kappa shape index (κ2) is 9.80. The molecule has 2 aliphatic carbocycles. The van der Waals surface area contributed by atoms with Gasteiger partial charge in [0.15, 0.2) is 23.1 Å². The molecule has 0 saturated carbocycles. The highest BCUT2D eigenvalue weighted by Crippen LogP contribution is 2.47. The third kappa shape index (κ3) is 4.65. The second-order valence-corrected chi connectivity index (χ2v) is 10.9. The van der Waals surface area contributed by atoms with Gasteiger partial charge in [0.1, 0.15) is 6.61 Å². The minimum Gasteiger partial charge on any atom is -0.493 e. The summed E-state index contributed by atoms with van der Waals surface area (Å²) in [4.78, 5) is 26.2. The molecule has 35 heavy (non-hydrogen) atoms. The summed E-state index contributed by atoms with van der Waals surface area (Å²) in [5, 5.41) is 3.48. The zero-order valence-electron chi connectivity index (χ0n) is 20.4. The van der Waals surface area contributed by atoms with Gasteiger partial charge in [-0.2, -0.15) is 0 Å². The van der Waals surface area contributed by atoms with Gasteiger partial charge in [0.05, 0.1) is 10.7 Å². The first kappa shape index (κ1) is 24.1. The van der Waals surface area contributed by atoms with Crippen LogP contribution >= 0.6 is 22.6 Å². The molecule has 2 aromatic carbocycles. The van der Waals surface area contributed by atoms with E-state index < -0.39 is 0 Å². The smallest absolute Gasteiger partial charge is 0.174 e. The van der Waals surface area contributed by atoms with Crippen molar-refractivity contribution in [1.29, 1.82) is 0 Å². The van der Waals surface area contributed by atoms with Crippen molar-refractivity contribution in [3.63, 3.8) is 0 Å². The van der Waals surface area contributed by atoms with Crippen molar-refractivity contribution in [2.24, 2.45) is 0 Å². The molecule has 1 N–H and O–H groups in total. The van der Waals surface area contributed by atoms with Gasteiger partial charge < -0.3 is 14.8 Å². The quantitative estimate of drug-likeness (QED) is 0.425. The van der Waals surface area contributed by atoms with Crippen LogP contribution in [0.25, 0.3) is 0 Å². The molecule has 1 heterocycles. The second-order valence-electron chi connectivity index (χ2n) is 9.71. The molecular formula is C29H30INO4. The van der Waals surface area contributed by atoms with Crippen LogP contribution in [0.3, 0.4) is 0 Å². The monoisotopic (exact) mass is 583 g/mol. The van der Waals surface area contributed by atoms with E-state index in [1.54, 1.807) is 7.11 Å². The third-order valence-corrected chi connectivity index (χ3v) is 7.84. The Morgan fingerprint density at radius 1 is 0.886 bits per heavy atom. The Labute approximate surface area is 220 Å². The summed E-state index contributed by atoms with van der Waals surface area (Å²) in [6.45, 7) is 4.60. The summed E-state index contributed by atoms with van der Waals surface area (Å²) >= 11 is 2.27. The highest BCUT2D eigenvalue weighted by molar-refractivity contribution is 14.1. The first-order valence-electron chi connectivity index (χ1n) is 12.2. The summed E-state index contributed by atoms with van der Waals surface area (Å²) in [5.41, 5.74) is 7.92. The number of dihydropyridines is 1. The van der Waals surface area contributed by atoms with Gasteiger partial charge >= 0.3 is 0 Å². The molecule has 2 aromatic rings. The van der Waals surface area contributed by atoms with E-state index in [-0.39, 0.29) is 17.5 Å². The van der Waals surface area contributed by atoms with Crippen molar-refractivity contribution in [2.45, 2.75) is 64.9 Å². The number of halogens is 1. The average Bonchev–Trinajstić information content (AvgIpc) is 2.81. The number of carbonyl (C=O) groups is 2. The number of rotatable bonds is 5. The van der Waals surface area contributed by atoms with Gasteiger partial charge in [0, 0.05) is 41.3 Å². The van der Waals surface area contributed by atoms with Crippen LogP contribution in [-0.4, -0.2) is 18.7 Å². The van der Waals surface area contributed by atoms with Crippen molar-refractivity contribution in [1.82, 2.24) is 5.32 Å². The van der Waals surface area contributed by atoms with Gasteiger partial charge in [-0.3, -0.25) is 9.59 Å². The Kier molecular flexibility index (Phi) is 6.75. The zero-order chi connectivity index (χ0) is 24.7. The SMILES string of the molecule is COc1cc(C2C3=C(CCCC3=O)NC3=C2C(=O)CCC3)cc(I)c1OCc1cc(C)cc(C)c1. The maximum absolute atomic E-state index is 13.1. The van der Waals surface area contributed by atoms with Crippen LogP contribution in [0.1, 0.15) is 66.7 Å². The Morgan fingerprint density at radius 2 is 1.49 bits per heavy atom. The van der Waals surface area contributed by atoms with Gasteiger partial charge in [-0.05, 0) is 85.4 Å². The van der Waals surface area contributed by atoms with Gasteiger partial charge in [-0.1, -0.05) is 29.3 Å². The molecule has 0 spiro atoms. The molecule has 0 atom stereocenters. The topological polar surface area (TPSA) is 64.6 Å². The summed E-state index contributed by atoms with van der Waals surface area (Å²) in [6, 6.07) is 10.4. The summed E-state index contributed by atoms with van der Waals surface area (Å²) in [6.07, 6.45) is 4.43. The van der Waals surface area contributed by atoms with Crippen LogP contribution in [0, 0.1) is 17.4 Å². The molecular weight excluding hydrogens is 553 g/mol. The minimum atomic E-state index is -0.349. The van der Waals surface area contributed by atoms with E-state index in [0.717, 1.165) is 62.9 Å². The van der Waals surface area contributed by atoms with Gasteiger partial charge in [0.25, 0.3) is 0 Å². The molecule has 0 radical (unpaired) electrons. The van der Waals surface area contributed by atoms with Crippen molar-refractivity contribution in [3.05, 3.63) is 78.7 Å². The van der Waals surface area contributed by atoms with Crippen molar-refractivity contribution < 1.29 is 19.1 Å². The predicted octanol–water partition coefficient (Wildman–Crippen LogP) is 6.20. The van der Waals surface area contributed by atoms with E-state index in [9.17, 15) is 9.59 Å². The number of hydrogen-bond acceptors (Lipinski definition) is 5. The van der Waals surface area contributed by atoms with Gasteiger partial charge in [-0.25, -0.2) is 0 Å². The molecule has 6 heteroatoms. The van der Waals surface area contributed by atoms with Crippen molar-refractivity contribution >= 4 is 34.2 Å². The third-order valence-electron chi connectivity index (χ3n) is 7.04. The Morgan fingerprint density at radius 3 is 2.06 bits per heavy atom. The summed E-state index contributed by atoms with van der Waals surface area (Å²) in [7, 11) is 1.63. The largest absolute Gasteiger partial charge is 0.493 e. The molecule has 0 saturated heterocycles. The fraction of sp³-hybridized carbons (Fsp3) is 0.379. The highest BCUT2D eigenvalue weighted by Gasteiger charge is 2.40. The number of Topliss-reactive ketones (excluding diaryl/α,β-unsaturated/α-hetero) is 2. The highest BCUT2D eigenvalue weighted by atomic mass is 127. The molecule has 0 aromatic heterocycles. The van der Waals surface area contributed by atoms with Crippen LogP contribution in [0.15, 0.2) is 52.9 Å². The van der Waals surface area contributed by atoms with Gasteiger partial charge in [-0.15, -0.1) is 0 Å². The van der Waals surface area contributed by atoms with Crippen LogP contribution in [0.5, 0.6) is 11.5 Å². The molecule has 0 bridgehead atoms. The number of hydrogen-bond donors (Lipinski definition) is 1. The number of nitrogens with one attached hydrogen (secondary N) is 1. The predicted molar refractivity (Wildman–Crippen MR) is 144 cm³/mol. The fourth-order valence-electron chi connectivity index (χ4n) is 5.67. The van der Waals surface area contributed by atoms with Crippen LogP contribution in [0.4, 0.5) is 0 Å². The Hall–Kier alpha value is -2.61. The number of benzene rings is 2. The number of methoxy groups -OCH3 is 1. The van der Waals surface area contributed by atoms with Crippen molar-refractivity contribution in [2.75, 3.05) is 7.11 Å². The van der Waals surface area contributed by atoms with Crippen LogP contribution in [0.2, 0.25) is 0 Å². The Balaban J connectivity index is 1.55. The number of ketones is 2. The average molecular weight is 583 g/mol. The number of aryl methyl sites for hydroxylation is 2. The minimum absolute atomic E-state index is 0.137. The molecule has 0 unspecified atom stereocenters. The van der Waals surface area contributed by atoms with Crippen LogP contribution < -0.4 is 14.8 Å². The lowest BCUT2D eigenvalue weighted by Gasteiger charge is -2.37. The molecule has 3 aliphatic rings. The fourth-order valence-corrected chi connectivity index (χ4v) is 6.45. The van der Waals surface area contributed by atoms with E-state index in [0.29, 0.717) is 30.9 Å². The van der Waals surface area contributed by atoms with Crippen LogP contribution in [-0.2, 0) is 16.2 Å². The van der Waals surface area contributed by atoms with E-state index >= 15 is 0 Å². The van der Waals surface area contributed by atoms with Crippen molar-refractivity contribution in [3.8, 4) is 11.5 Å². The molecule has 1 aliphatic heterocycles. The summed E-state index contributed by atoms with van der Waals surface area (Å²) < 4.78 is 12.9.